The molecule has 0 bridgehead atoms. The van der Waals surface area contributed by atoms with Crippen molar-refractivity contribution in [3.8, 4) is 0 Å². The van der Waals surface area contributed by atoms with E-state index in [9.17, 15) is 0 Å². The maximum absolute atomic E-state index is 8.98. The monoisotopic (exact) mass is 337 g/mol. The lowest BCUT2D eigenvalue weighted by molar-refractivity contribution is 0.318. The molecular weight excluding hydrogens is 318 g/mol. The van der Waals surface area contributed by atoms with E-state index >= 15 is 0 Å². The lowest BCUT2D eigenvalue weighted by Crippen LogP contribution is -2.30. The van der Waals surface area contributed by atoms with Crippen molar-refractivity contribution in [3.05, 3.63) is 28.2 Å². The molecule has 1 aromatic carbocycles. The summed E-state index contributed by atoms with van der Waals surface area (Å²) in [6.45, 7) is 2.16. The summed E-state index contributed by atoms with van der Waals surface area (Å²) in [6, 6.07) is 5.93. The molecular formula is C15H20BrN3O. The summed E-state index contributed by atoms with van der Waals surface area (Å²) in [5, 5.41) is 12.2. The van der Waals surface area contributed by atoms with Gasteiger partial charge in [0.05, 0.1) is 0 Å². The smallest absolute Gasteiger partial charge is 0.172 e. The average molecular weight is 338 g/mol. The third-order valence-electron chi connectivity index (χ3n) is 4.04. The Morgan fingerprint density at radius 1 is 1.25 bits per heavy atom. The first-order valence-electron chi connectivity index (χ1n) is 7.19. The summed E-state index contributed by atoms with van der Waals surface area (Å²) < 4.78 is 1.03. The molecule has 0 saturated heterocycles. The van der Waals surface area contributed by atoms with E-state index in [0.29, 0.717) is 0 Å². The van der Waals surface area contributed by atoms with Crippen molar-refractivity contribution in [1.82, 2.24) is 0 Å². The van der Waals surface area contributed by atoms with E-state index in [1.807, 2.05) is 12.1 Å². The molecule has 0 amide bonds. The molecule has 3 rings (SSSR count). The average Bonchev–Trinajstić information content (AvgIpc) is 3.32. The molecule has 0 spiro atoms. The molecule has 0 unspecified atom stereocenters. The molecule has 4 nitrogen and oxygen atoms in total. The number of anilines is 1. The van der Waals surface area contributed by atoms with Gasteiger partial charge in [-0.3, -0.25) is 0 Å². The topological polar surface area (TPSA) is 61.9 Å². The van der Waals surface area contributed by atoms with Crippen molar-refractivity contribution in [2.75, 3.05) is 18.0 Å². The van der Waals surface area contributed by atoms with Crippen LogP contribution in [0.25, 0.3) is 0 Å². The van der Waals surface area contributed by atoms with Gasteiger partial charge < -0.3 is 15.8 Å². The van der Waals surface area contributed by atoms with E-state index in [0.717, 1.165) is 40.6 Å². The number of hydrogen-bond acceptors (Lipinski definition) is 3. The van der Waals surface area contributed by atoms with Crippen LogP contribution in [0.4, 0.5) is 5.69 Å². The Balaban J connectivity index is 1.91. The van der Waals surface area contributed by atoms with E-state index in [1.165, 1.54) is 25.7 Å². The molecule has 0 aromatic heterocycles. The summed E-state index contributed by atoms with van der Waals surface area (Å²) in [7, 11) is 0. The Morgan fingerprint density at radius 2 is 1.85 bits per heavy atom. The summed E-state index contributed by atoms with van der Waals surface area (Å²) in [5.41, 5.74) is 7.73. The lowest BCUT2D eigenvalue weighted by Gasteiger charge is -2.27. The van der Waals surface area contributed by atoms with E-state index in [2.05, 4.69) is 32.1 Å². The summed E-state index contributed by atoms with van der Waals surface area (Å²) in [6.07, 6.45) is 5.31. The van der Waals surface area contributed by atoms with E-state index in [1.54, 1.807) is 0 Å². The second-order valence-electron chi connectivity index (χ2n) is 5.94. The van der Waals surface area contributed by atoms with Crippen molar-refractivity contribution in [2.24, 2.45) is 22.7 Å². The molecule has 2 saturated carbocycles. The van der Waals surface area contributed by atoms with Crippen LogP contribution < -0.4 is 10.6 Å². The van der Waals surface area contributed by atoms with Crippen LogP contribution in [0.3, 0.4) is 0 Å². The zero-order chi connectivity index (χ0) is 14.1. The second kappa shape index (κ2) is 5.64. The highest BCUT2D eigenvalue weighted by molar-refractivity contribution is 9.10. The van der Waals surface area contributed by atoms with Gasteiger partial charge in [-0.25, -0.2) is 0 Å². The normalized spacial score (nSPS) is 19.1. The Kier molecular flexibility index (Phi) is 3.87. The van der Waals surface area contributed by atoms with Crippen molar-refractivity contribution in [3.63, 3.8) is 0 Å². The fraction of sp³-hybridized carbons (Fsp3) is 0.533. The SMILES string of the molecule is N/C(=N/O)c1ccc(Br)cc1N(CC1CC1)CC1CC1. The molecule has 2 fully saturated rings. The summed E-state index contributed by atoms with van der Waals surface area (Å²) in [5.74, 6) is 1.81. The predicted molar refractivity (Wildman–Crippen MR) is 84.3 cm³/mol. The number of oxime groups is 1. The van der Waals surface area contributed by atoms with Crippen molar-refractivity contribution in [1.29, 1.82) is 0 Å². The Bertz CT molecular complexity index is 510. The molecule has 1 aromatic rings. The van der Waals surface area contributed by atoms with Crippen molar-refractivity contribution in [2.45, 2.75) is 25.7 Å². The number of halogens is 1. The molecule has 2 aliphatic rings. The standard InChI is InChI=1S/C15H20BrN3O/c16-12-5-6-13(15(17)18-20)14(7-12)19(8-10-1-2-10)9-11-3-4-11/h5-7,10-11,20H,1-4,8-9H2,(H2,17,18). The summed E-state index contributed by atoms with van der Waals surface area (Å²) in [4.78, 5) is 2.42. The van der Waals surface area contributed by atoms with Gasteiger partial charge in [0.15, 0.2) is 5.84 Å². The van der Waals surface area contributed by atoms with E-state index < -0.39 is 0 Å². The fourth-order valence-corrected chi connectivity index (χ4v) is 2.88. The third kappa shape index (κ3) is 3.26. The highest BCUT2D eigenvalue weighted by atomic mass is 79.9. The molecule has 20 heavy (non-hydrogen) atoms. The number of benzene rings is 1. The minimum absolute atomic E-state index is 0.184. The number of rotatable bonds is 6. The second-order valence-corrected chi connectivity index (χ2v) is 6.85. The third-order valence-corrected chi connectivity index (χ3v) is 4.53. The van der Waals surface area contributed by atoms with E-state index in [-0.39, 0.29) is 5.84 Å². The number of nitrogens with zero attached hydrogens (tertiary/aromatic N) is 2. The molecule has 0 aliphatic heterocycles. The number of nitrogens with two attached hydrogens (primary N) is 1. The fourth-order valence-electron chi connectivity index (χ4n) is 2.53. The van der Waals surface area contributed by atoms with Crippen LogP contribution in [0.15, 0.2) is 27.8 Å². The Hall–Kier alpha value is -1.23. The van der Waals surface area contributed by atoms with Crippen molar-refractivity contribution >= 4 is 27.5 Å². The Labute approximate surface area is 127 Å². The quantitative estimate of drug-likeness (QED) is 0.362. The number of amidine groups is 1. The first-order chi connectivity index (χ1) is 9.67. The summed E-state index contributed by atoms with van der Waals surface area (Å²) >= 11 is 3.53. The molecule has 108 valence electrons. The minimum Gasteiger partial charge on any atom is -0.409 e. The maximum atomic E-state index is 8.98. The van der Waals surface area contributed by atoms with E-state index in [4.69, 9.17) is 10.9 Å². The van der Waals surface area contributed by atoms with Crippen LogP contribution in [0.2, 0.25) is 0 Å². The maximum Gasteiger partial charge on any atom is 0.172 e. The van der Waals surface area contributed by atoms with Gasteiger partial charge in [-0.1, -0.05) is 21.1 Å². The van der Waals surface area contributed by atoms with Gasteiger partial charge >= 0.3 is 0 Å². The number of hydrogen-bond donors (Lipinski definition) is 2. The van der Waals surface area contributed by atoms with Gasteiger partial charge in [0, 0.05) is 28.8 Å². The molecule has 0 atom stereocenters. The minimum atomic E-state index is 0.184. The molecule has 3 N–H and O–H groups in total. The highest BCUT2D eigenvalue weighted by Gasteiger charge is 2.30. The van der Waals surface area contributed by atoms with Gasteiger partial charge in [0.1, 0.15) is 0 Å². The predicted octanol–water partition coefficient (Wildman–Crippen LogP) is 3.17. The van der Waals surface area contributed by atoms with Gasteiger partial charge in [-0.05, 0) is 55.7 Å². The first-order valence-corrected chi connectivity index (χ1v) is 7.99. The van der Waals surface area contributed by atoms with Crippen molar-refractivity contribution < 1.29 is 5.21 Å². The van der Waals surface area contributed by atoms with Gasteiger partial charge in [-0.2, -0.15) is 0 Å². The first kappa shape index (κ1) is 13.7. The Morgan fingerprint density at radius 3 is 2.35 bits per heavy atom. The van der Waals surface area contributed by atoms with Gasteiger partial charge in [0.25, 0.3) is 0 Å². The van der Waals surface area contributed by atoms with Crippen LogP contribution in [0.1, 0.15) is 31.2 Å². The molecule has 2 aliphatic carbocycles. The van der Waals surface area contributed by atoms with Gasteiger partial charge in [-0.15, -0.1) is 0 Å². The van der Waals surface area contributed by atoms with Gasteiger partial charge in [0.2, 0.25) is 0 Å². The highest BCUT2D eigenvalue weighted by Crippen LogP contribution is 2.37. The molecule has 0 radical (unpaired) electrons. The zero-order valence-corrected chi connectivity index (χ0v) is 13.0. The van der Waals surface area contributed by atoms with Crippen LogP contribution in [-0.2, 0) is 0 Å². The largest absolute Gasteiger partial charge is 0.409 e. The van der Waals surface area contributed by atoms with Crippen LogP contribution in [0.5, 0.6) is 0 Å². The molecule has 0 heterocycles. The van der Waals surface area contributed by atoms with Crippen LogP contribution in [0, 0.1) is 11.8 Å². The van der Waals surface area contributed by atoms with Crippen LogP contribution >= 0.6 is 15.9 Å². The lowest BCUT2D eigenvalue weighted by atomic mass is 10.1. The molecule has 5 heteroatoms. The van der Waals surface area contributed by atoms with Crippen LogP contribution in [-0.4, -0.2) is 24.1 Å². The zero-order valence-electron chi connectivity index (χ0n) is 11.4.